The number of hydrogen-bond acceptors (Lipinski definition) is 3. The van der Waals surface area contributed by atoms with E-state index in [1.165, 1.54) is 0 Å². The fraction of sp³-hybridized carbons (Fsp3) is 0.545. The Kier molecular flexibility index (Phi) is 4.54. The first-order valence-corrected chi connectivity index (χ1v) is 5.92. The lowest BCUT2D eigenvalue weighted by Crippen LogP contribution is -2.29. The summed E-state index contributed by atoms with van der Waals surface area (Å²) in [7, 11) is 0. The highest BCUT2D eigenvalue weighted by Gasteiger charge is 2.12. The Labute approximate surface area is 99.6 Å². The van der Waals surface area contributed by atoms with Gasteiger partial charge in [0.2, 0.25) is 0 Å². The molecule has 1 aromatic heterocycles. The molecule has 0 radical (unpaired) electrons. The SMILES string of the molecule is Cc1cnc(NC(C)C(C)CN)c(Br)c1. The van der Waals surface area contributed by atoms with E-state index in [9.17, 15) is 0 Å². The highest BCUT2D eigenvalue weighted by atomic mass is 79.9. The molecule has 4 heteroatoms. The predicted molar refractivity (Wildman–Crippen MR) is 68.0 cm³/mol. The number of hydrogen-bond donors (Lipinski definition) is 2. The van der Waals surface area contributed by atoms with Crippen LogP contribution in [0.3, 0.4) is 0 Å². The molecule has 0 aliphatic carbocycles. The summed E-state index contributed by atoms with van der Waals surface area (Å²) >= 11 is 3.49. The van der Waals surface area contributed by atoms with Gasteiger partial charge in [0.25, 0.3) is 0 Å². The van der Waals surface area contributed by atoms with Gasteiger partial charge in [-0.15, -0.1) is 0 Å². The molecule has 0 spiro atoms. The topological polar surface area (TPSA) is 50.9 Å². The summed E-state index contributed by atoms with van der Waals surface area (Å²) in [5, 5.41) is 3.35. The Bertz CT molecular complexity index is 328. The van der Waals surface area contributed by atoms with Crippen LogP contribution in [-0.2, 0) is 0 Å². The van der Waals surface area contributed by atoms with Gasteiger partial charge in [0.05, 0.1) is 4.47 Å². The van der Waals surface area contributed by atoms with Crippen molar-refractivity contribution in [2.75, 3.05) is 11.9 Å². The van der Waals surface area contributed by atoms with Crippen LogP contribution in [-0.4, -0.2) is 17.6 Å². The number of nitrogens with two attached hydrogens (primary N) is 1. The van der Waals surface area contributed by atoms with Crippen LogP contribution in [0, 0.1) is 12.8 Å². The lowest BCUT2D eigenvalue weighted by Gasteiger charge is -2.21. The average Bonchev–Trinajstić information content (AvgIpc) is 2.20. The number of anilines is 1. The molecule has 0 saturated carbocycles. The molecule has 3 N–H and O–H groups in total. The number of aromatic nitrogens is 1. The number of nitrogens with one attached hydrogen (secondary N) is 1. The third-order valence-electron chi connectivity index (χ3n) is 2.57. The summed E-state index contributed by atoms with van der Waals surface area (Å²) < 4.78 is 0.999. The molecule has 0 saturated heterocycles. The molecule has 1 rings (SSSR count). The molecule has 84 valence electrons. The standard InChI is InChI=1S/C11H18BrN3/c1-7-4-10(12)11(14-6-7)15-9(3)8(2)5-13/h4,6,8-9H,5,13H2,1-3H3,(H,14,15). The molecule has 1 heterocycles. The highest BCUT2D eigenvalue weighted by Crippen LogP contribution is 2.22. The van der Waals surface area contributed by atoms with Gasteiger partial charge in [-0.1, -0.05) is 6.92 Å². The second-order valence-corrected chi connectivity index (χ2v) is 4.84. The number of pyridine rings is 1. The maximum absolute atomic E-state index is 5.62. The van der Waals surface area contributed by atoms with Crippen molar-refractivity contribution in [2.45, 2.75) is 26.8 Å². The summed E-state index contributed by atoms with van der Waals surface area (Å²) in [4.78, 5) is 4.34. The number of rotatable bonds is 4. The minimum atomic E-state index is 0.321. The second kappa shape index (κ2) is 5.47. The van der Waals surface area contributed by atoms with E-state index in [0.29, 0.717) is 18.5 Å². The maximum atomic E-state index is 5.62. The highest BCUT2D eigenvalue weighted by molar-refractivity contribution is 9.10. The Morgan fingerprint density at radius 2 is 2.20 bits per heavy atom. The van der Waals surface area contributed by atoms with Gasteiger partial charge < -0.3 is 11.1 Å². The smallest absolute Gasteiger partial charge is 0.140 e. The molecule has 1 aromatic rings. The monoisotopic (exact) mass is 271 g/mol. The molecule has 2 unspecified atom stereocenters. The van der Waals surface area contributed by atoms with Gasteiger partial charge in [-0.25, -0.2) is 4.98 Å². The van der Waals surface area contributed by atoms with Crippen molar-refractivity contribution in [3.05, 3.63) is 22.3 Å². The predicted octanol–water partition coefficient (Wildman–Crippen LogP) is 2.55. The third kappa shape index (κ3) is 3.47. The van der Waals surface area contributed by atoms with Crippen molar-refractivity contribution in [3.8, 4) is 0 Å². The first-order valence-electron chi connectivity index (χ1n) is 5.13. The number of halogens is 1. The molecular weight excluding hydrogens is 254 g/mol. The molecule has 0 aliphatic rings. The fourth-order valence-electron chi connectivity index (χ4n) is 1.20. The zero-order chi connectivity index (χ0) is 11.4. The largest absolute Gasteiger partial charge is 0.366 e. The van der Waals surface area contributed by atoms with Crippen molar-refractivity contribution in [1.29, 1.82) is 0 Å². The second-order valence-electron chi connectivity index (χ2n) is 3.99. The lowest BCUT2D eigenvalue weighted by atomic mass is 10.0. The van der Waals surface area contributed by atoms with Crippen molar-refractivity contribution < 1.29 is 0 Å². The quantitative estimate of drug-likeness (QED) is 0.885. The normalized spacial score (nSPS) is 14.7. The third-order valence-corrected chi connectivity index (χ3v) is 3.17. The van der Waals surface area contributed by atoms with Crippen LogP contribution in [0.1, 0.15) is 19.4 Å². The Morgan fingerprint density at radius 3 is 2.73 bits per heavy atom. The van der Waals surface area contributed by atoms with E-state index in [2.05, 4.69) is 46.1 Å². The summed E-state index contributed by atoms with van der Waals surface area (Å²) in [6.45, 7) is 6.94. The molecule has 0 aromatic carbocycles. The van der Waals surface area contributed by atoms with Gasteiger partial charge in [-0.3, -0.25) is 0 Å². The van der Waals surface area contributed by atoms with Crippen LogP contribution in [0.15, 0.2) is 16.7 Å². The molecule has 0 bridgehead atoms. The van der Waals surface area contributed by atoms with E-state index >= 15 is 0 Å². The van der Waals surface area contributed by atoms with E-state index < -0.39 is 0 Å². The zero-order valence-corrected chi connectivity index (χ0v) is 11.0. The lowest BCUT2D eigenvalue weighted by molar-refractivity contribution is 0.520. The van der Waals surface area contributed by atoms with Gasteiger partial charge in [0.15, 0.2) is 0 Å². The van der Waals surface area contributed by atoms with Crippen LogP contribution in [0.25, 0.3) is 0 Å². The zero-order valence-electron chi connectivity index (χ0n) is 9.42. The van der Waals surface area contributed by atoms with Gasteiger partial charge in [-0.05, 0) is 53.9 Å². The molecule has 0 fully saturated rings. The van der Waals surface area contributed by atoms with Crippen LogP contribution >= 0.6 is 15.9 Å². The van der Waals surface area contributed by atoms with E-state index in [4.69, 9.17) is 5.73 Å². The molecule has 2 atom stereocenters. The first-order chi connectivity index (χ1) is 7.04. The Hall–Kier alpha value is -0.610. The summed E-state index contributed by atoms with van der Waals surface area (Å²) in [5.74, 6) is 1.31. The Morgan fingerprint density at radius 1 is 1.53 bits per heavy atom. The summed E-state index contributed by atoms with van der Waals surface area (Å²) in [6, 6.07) is 2.37. The minimum Gasteiger partial charge on any atom is -0.366 e. The maximum Gasteiger partial charge on any atom is 0.140 e. The van der Waals surface area contributed by atoms with Crippen molar-refractivity contribution in [2.24, 2.45) is 11.7 Å². The molecule has 0 aliphatic heterocycles. The molecule has 3 nitrogen and oxygen atoms in total. The number of nitrogens with zero attached hydrogens (tertiary/aromatic N) is 1. The molecule has 0 amide bonds. The van der Waals surface area contributed by atoms with Gasteiger partial charge in [0.1, 0.15) is 5.82 Å². The molecular formula is C11H18BrN3. The van der Waals surface area contributed by atoms with Crippen molar-refractivity contribution >= 4 is 21.7 Å². The van der Waals surface area contributed by atoms with Crippen LogP contribution in [0.2, 0.25) is 0 Å². The first kappa shape index (κ1) is 12.5. The van der Waals surface area contributed by atoms with Crippen LogP contribution < -0.4 is 11.1 Å². The van der Waals surface area contributed by atoms with Crippen LogP contribution in [0.5, 0.6) is 0 Å². The summed E-state index contributed by atoms with van der Waals surface area (Å²) in [6.07, 6.45) is 1.85. The van der Waals surface area contributed by atoms with E-state index in [0.717, 1.165) is 15.9 Å². The average molecular weight is 272 g/mol. The number of aryl methyl sites for hydroxylation is 1. The summed E-state index contributed by atoms with van der Waals surface area (Å²) in [5.41, 5.74) is 6.76. The molecule has 15 heavy (non-hydrogen) atoms. The van der Waals surface area contributed by atoms with E-state index in [-0.39, 0.29) is 0 Å². The van der Waals surface area contributed by atoms with E-state index in [1.807, 2.05) is 13.1 Å². The van der Waals surface area contributed by atoms with E-state index in [1.54, 1.807) is 0 Å². The minimum absolute atomic E-state index is 0.321. The Balaban J connectivity index is 2.72. The van der Waals surface area contributed by atoms with Gasteiger partial charge >= 0.3 is 0 Å². The fourth-order valence-corrected chi connectivity index (χ4v) is 1.78. The van der Waals surface area contributed by atoms with Gasteiger partial charge in [0, 0.05) is 12.2 Å². The van der Waals surface area contributed by atoms with Gasteiger partial charge in [-0.2, -0.15) is 0 Å². The van der Waals surface area contributed by atoms with Crippen LogP contribution in [0.4, 0.5) is 5.82 Å². The van der Waals surface area contributed by atoms with Crippen molar-refractivity contribution in [3.63, 3.8) is 0 Å². The van der Waals surface area contributed by atoms with Crippen molar-refractivity contribution in [1.82, 2.24) is 4.98 Å².